The number of ether oxygens (including phenoxy) is 1. The van der Waals surface area contributed by atoms with Crippen LogP contribution in [0.25, 0.3) is 0 Å². The molecule has 1 aromatic heterocycles. The van der Waals surface area contributed by atoms with E-state index in [1.165, 1.54) is 6.20 Å². The number of hydrogen-bond donors (Lipinski definition) is 2. The molecule has 1 amide bonds. The van der Waals surface area contributed by atoms with Crippen molar-refractivity contribution in [2.45, 2.75) is 37.6 Å². The second kappa shape index (κ2) is 8.40. The van der Waals surface area contributed by atoms with Crippen LogP contribution in [-0.4, -0.2) is 59.1 Å². The first kappa shape index (κ1) is 21.3. The standard InChI is InChI=1S/C22H26F3N5O2/c23-22(24,25)17-13-29(11-14-4-2-1-3-5-14)12-16(17)19-27-21(31)18-10-26-20(30(18)28-19)15-6-8-32-9-7-15/h1-5,10,15-17,19,28H,6-9,11-13H2,(H,27,31). The summed E-state index contributed by atoms with van der Waals surface area (Å²) in [7, 11) is 0. The molecule has 3 unspecified atom stereocenters. The van der Waals surface area contributed by atoms with Crippen LogP contribution >= 0.6 is 0 Å². The Morgan fingerprint density at radius 1 is 1.12 bits per heavy atom. The van der Waals surface area contributed by atoms with Crippen molar-refractivity contribution in [2.75, 3.05) is 31.7 Å². The Balaban J connectivity index is 1.38. The summed E-state index contributed by atoms with van der Waals surface area (Å²) in [6, 6.07) is 9.47. The predicted octanol–water partition coefficient (Wildman–Crippen LogP) is 2.70. The number of likely N-dealkylation sites (tertiary alicyclic amines) is 1. The van der Waals surface area contributed by atoms with E-state index in [1.54, 1.807) is 4.68 Å². The monoisotopic (exact) mass is 449 g/mol. The molecule has 2 N–H and O–H groups in total. The first-order valence-corrected chi connectivity index (χ1v) is 11.0. The van der Waals surface area contributed by atoms with Gasteiger partial charge in [0.25, 0.3) is 5.91 Å². The zero-order valence-electron chi connectivity index (χ0n) is 17.5. The molecule has 0 spiro atoms. The van der Waals surface area contributed by atoms with E-state index < -0.39 is 30.1 Å². The summed E-state index contributed by atoms with van der Waals surface area (Å²) in [6.07, 6.45) is -2.18. The Morgan fingerprint density at radius 2 is 1.88 bits per heavy atom. The fraction of sp³-hybridized carbons (Fsp3) is 0.545. The maximum atomic E-state index is 14.0. The molecular formula is C22H26F3N5O2. The summed E-state index contributed by atoms with van der Waals surface area (Å²) in [5, 5.41) is 2.76. The fourth-order valence-electron chi connectivity index (χ4n) is 5.06. The highest BCUT2D eigenvalue weighted by molar-refractivity contribution is 5.93. The summed E-state index contributed by atoms with van der Waals surface area (Å²) >= 11 is 0. The Kier molecular flexibility index (Phi) is 5.58. The van der Waals surface area contributed by atoms with Gasteiger partial charge in [0.1, 0.15) is 17.7 Å². The van der Waals surface area contributed by atoms with Gasteiger partial charge in [-0.2, -0.15) is 13.2 Å². The van der Waals surface area contributed by atoms with E-state index in [4.69, 9.17) is 4.74 Å². The Bertz CT molecular complexity index is 958. The summed E-state index contributed by atoms with van der Waals surface area (Å²) in [6.45, 7) is 1.79. The number of halogens is 3. The van der Waals surface area contributed by atoms with E-state index in [9.17, 15) is 18.0 Å². The van der Waals surface area contributed by atoms with Crippen LogP contribution in [0.2, 0.25) is 0 Å². The van der Waals surface area contributed by atoms with Crippen molar-refractivity contribution in [3.8, 4) is 0 Å². The maximum absolute atomic E-state index is 14.0. The number of benzene rings is 1. The Morgan fingerprint density at radius 3 is 2.59 bits per heavy atom. The molecule has 1 aromatic carbocycles. The van der Waals surface area contributed by atoms with Crippen molar-refractivity contribution in [1.82, 2.24) is 19.9 Å². The summed E-state index contributed by atoms with van der Waals surface area (Å²) in [5.41, 5.74) is 4.45. The van der Waals surface area contributed by atoms with Crippen LogP contribution in [0.1, 0.15) is 40.6 Å². The van der Waals surface area contributed by atoms with Gasteiger partial charge in [-0.25, -0.2) is 9.66 Å². The highest BCUT2D eigenvalue weighted by atomic mass is 19.4. The minimum Gasteiger partial charge on any atom is -0.381 e. The van der Waals surface area contributed by atoms with Crippen LogP contribution in [0.15, 0.2) is 36.5 Å². The first-order chi connectivity index (χ1) is 15.4. The third-order valence-electron chi connectivity index (χ3n) is 6.70. The molecule has 32 heavy (non-hydrogen) atoms. The predicted molar refractivity (Wildman–Crippen MR) is 110 cm³/mol. The quantitative estimate of drug-likeness (QED) is 0.751. The molecule has 10 heteroatoms. The van der Waals surface area contributed by atoms with Gasteiger partial charge in [0.05, 0.1) is 12.1 Å². The number of imidazole rings is 1. The largest absolute Gasteiger partial charge is 0.393 e. The minimum atomic E-state index is -4.36. The fourth-order valence-corrected chi connectivity index (χ4v) is 5.06. The second-order valence-electron chi connectivity index (χ2n) is 8.80. The molecule has 0 aliphatic carbocycles. The topological polar surface area (TPSA) is 71.4 Å². The summed E-state index contributed by atoms with van der Waals surface area (Å²) in [5.74, 6) is -1.97. The molecule has 0 bridgehead atoms. The van der Waals surface area contributed by atoms with E-state index in [2.05, 4.69) is 15.7 Å². The van der Waals surface area contributed by atoms with Crippen LogP contribution < -0.4 is 10.7 Å². The number of hydrogen-bond acceptors (Lipinski definition) is 5. The normalized spacial score (nSPS) is 27.1. The first-order valence-electron chi connectivity index (χ1n) is 11.0. The van der Waals surface area contributed by atoms with Gasteiger partial charge >= 0.3 is 6.18 Å². The summed E-state index contributed by atoms with van der Waals surface area (Å²) < 4.78 is 49.0. The lowest BCUT2D eigenvalue weighted by molar-refractivity contribution is -0.182. The van der Waals surface area contributed by atoms with Crippen LogP contribution in [0.5, 0.6) is 0 Å². The number of fused-ring (bicyclic) bond motifs is 1. The molecule has 7 nitrogen and oxygen atoms in total. The molecule has 172 valence electrons. The smallest absolute Gasteiger partial charge is 0.381 e. The van der Waals surface area contributed by atoms with Crippen molar-refractivity contribution >= 4 is 5.91 Å². The van der Waals surface area contributed by atoms with Gasteiger partial charge in [0, 0.05) is 44.7 Å². The van der Waals surface area contributed by atoms with E-state index >= 15 is 0 Å². The molecule has 3 aliphatic rings. The lowest BCUT2D eigenvalue weighted by Crippen LogP contribution is -2.57. The number of amides is 1. The zero-order chi connectivity index (χ0) is 22.3. The number of carbonyl (C=O) groups is 1. The molecule has 3 atom stereocenters. The molecule has 3 aliphatic heterocycles. The highest BCUT2D eigenvalue weighted by Gasteiger charge is 2.53. The third-order valence-corrected chi connectivity index (χ3v) is 6.70. The van der Waals surface area contributed by atoms with Crippen molar-refractivity contribution < 1.29 is 22.7 Å². The third kappa shape index (κ3) is 4.09. The molecular weight excluding hydrogens is 423 g/mol. The average Bonchev–Trinajstić information content (AvgIpc) is 3.40. The highest BCUT2D eigenvalue weighted by Crippen LogP contribution is 2.40. The van der Waals surface area contributed by atoms with E-state index in [1.807, 2.05) is 35.2 Å². The molecule has 0 saturated carbocycles. The number of aromatic nitrogens is 2. The Hall–Kier alpha value is -2.59. The van der Waals surface area contributed by atoms with Crippen molar-refractivity contribution in [3.63, 3.8) is 0 Å². The van der Waals surface area contributed by atoms with Crippen LogP contribution in [0.4, 0.5) is 13.2 Å². The second-order valence-corrected chi connectivity index (χ2v) is 8.80. The van der Waals surface area contributed by atoms with Gasteiger partial charge < -0.3 is 15.5 Å². The van der Waals surface area contributed by atoms with Gasteiger partial charge in [-0.05, 0) is 18.4 Å². The summed E-state index contributed by atoms with van der Waals surface area (Å²) in [4.78, 5) is 19.0. The van der Waals surface area contributed by atoms with E-state index in [0.29, 0.717) is 31.3 Å². The van der Waals surface area contributed by atoms with E-state index in [-0.39, 0.29) is 19.0 Å². The van der Waals surface area contributed by atoms with Gasteiger partial charge in [-0.1, -0.05) is 30.3 Å². The average molecular weight is 449 g/mol. The number of nitrogens with zero attached hydrogens (tertiary/aromatic N) is 3. The molecule has 0 radical (unpaired) electrons. The minimum absolute atomic E-state index is 0.0965. The van der Waals surface area contributed by atoms with Crippen LogP contribution in [-0.2, 0) is 11.3 Å². The van der Waals surface area contributed by atoms with Crippen molar-refractivity contribution in [1.29, 1.82) is 0 Å². The number of alkyl halides is 3. The van der Waals surface area contributed by atoms with Gasteiger partial charge in [-0.3, -0.25) is 9.69 Å². The number of rotatable bonds is 4. The number of carbonyl (C=O) groups excluding carboxylic acids is 1. The molecule has 2 fully saturated rings. The van der Waals surface area contributed by atoms with Crippen molar-refractivity contribution in [2.24, 2.45) is 11.8 Å². The van der Waals surface area contributed by atoms with Gasteiger partial charge in [0.15, 0.2) is 0 Å². The number of nitrogens with one attached hydrogen (secondary N) is 2. The van der Waals surface area contributed by atoms with Gasteiger partial charge in [-0.15, -0.1) is 0 Å². The zero-order valence-corrected chi connectivity index (χ0v) is 17.5. The lowest BCUT2D eigenvalue weighted by Gasteiger charge is -2.36. The lowest BCUT2D eigenvalue weighted by atomic mass is 9.92. The van der Waals surface area contributed by atoms with Crippen molar-refractivity contribution in [3.05, 3.63) is 53.6 Å². The van der Waals surface area contributed by atoms with E-state index in [0.717, 1.165) is 18.4 Å². The molecule has 4 heterocycles. The molecule has 2 saturated heterocycles. The molecule has 5 rings (SSSR count). The molecule has 2 aromatic rings. The van der Waals surface area contributed by atoms with Gasteiger partial charge in [0.2, 0.25) is 0 Å². The van der Waals surface area contributed by atoms with Crippen LogP contribution in [0.3, 0.4) is 0 Å². The van der Waals surface area contributed by atoms with Crippen LogP contribution in [0, 0.1) is 11.8 Å². The Labute approximate surface area is 183 Å². The SMILES string of the molecule is O=C1NC(C2CN(Cc3ccccc3)CC2C(F)(F)F)Nn2c1cnc2C1CCOCC1. The maximum Gasteiger partial charge on any atom is 0.393 e.